The van der Waals surface area contributed by atoms with Crippen molar-refractivity contribution < 1.29 is 27.5 Å². The van der Waals surface area contributed by atoms with Gasteiger partial charge in [-0.3, -0.25) is 14.4 Å². The molecule has 0 unspecified atom stereocenters. The molecule has 0 aliphatic carbocycles. The topological polar surface area (TPSA) is 175 Å². The van der Waals surface area contributed by atoms with E-state index in [0.717, 1.165) is 11.8 Å². The second-order valence-corrected chi connectivity index (χ2v) is 9.65. The Morgan fingerprint density at radius 1 is 1.06 bits per heavy atom. The van der Waals surface area contributed by atoms with Crippen LogP contribution in [-0.4, -0.2) is 67.5 Å². The van der Waals surface area contributed by atoms with Crippen LogP contribution in [0.1, 0.15) is 20.7 Å². The van der Waals surface area contributed by atoms with Gasteiger partial charge in [-0.15, -0.1) is 0 Å². The lowest BCUT2D eigenvalue weighted by Crippen LogP contribution is -2.40. The van der Waals surface area contributed by atoms with E-state index >= 15 is 0 Å². The van der Waals surface area contributed by atoms with E-state index in [1.807, 2.05) is 0 Å². The summed E-state index contributed by atoms with van der Waals surface area (Å²) >= 11 is 1.09. The fraction of sp³-hybridized carbons (Fsp3) is 0.263. The molecule has 1 saturated heterocycles. The summed E-state index contributed by atoms with van der Waals surface area (Å²) in [6.45, 7) is 1.26. The first kappa shape index (κ1) is 23.7. The number of hydrogen-bond donors (Lipinski definition) is 3. The van der Waals surface area contributed by atoms with Gasteiger partial charge in [0.15, 0.2) is 0 Å². The second kappa shape index (κ2) is 10.1. The maximum absolute atomic E-state index is 12.6. The second-order valence-electron chi connectivity index (χ2n) is 6.71. The van der Waals surface area contributed by atoms with E-state index in [2.05, 4.69) is 10.3 Å². The number of nitrogens with one attached hydrogen (secondary N) is 1. The van der Waals surface area contributed by atoms with Crippen LogP contribution in [0.15, 0.2) is 46.5 Å². The average molecular weight is 480 g/mol. The number of carbonyl (C=O) groups excluding carboxylic acids is 3. The zero-order valence-corrected chi connectivity index (χ0v) is 18.4. The van der Waals surface area contributed by atoms with Gasteiger partial charge in [0.05, 0.1) is 24.0 Å². The zero-order chi connectivity index (χ0) is 23.3. The van der Waals surface area contributed by atoms with Crippen molar-refractivity contribution in [2.45, 2.75) is 9.92 Å². The summed E-state index contributed by atoms with van der Waals surface area (Å²) in [7, 11) is -3.65. The molecule has 1 aliphatic heterocycles. The Kier molecular flexibility index (Phi) is 7.45. The van der Waals surface area contributed by atoms with Crippen LogP contribution in [0.4, 0.5) is 5.69 Å². The normalized spacial score (nSPS) is 14.6. The number of sulfonamides is 1. The van der Waals surface area contributed by atoms with Crippen molar-refractivity contribution in [3.63, 3.8) is 0 Å². The molecule has 1 aromatic heterocycles. The number of anilines is 1. The Bertz CT molecular complexity index is 1100. The van der Waals surface area contributed by atoms with Crippen LogP contribution < -0.4 is 16.8 Å². The highest BCUT2D eigenvalue weighted by Gasteiger charge is 2.26. The summed E-state index contributed by atoms with van der Waals surface area (Å²) in [4.78, 5) is 39.3. The molecule has 170 valence electrons. The van der Waals surface area contributed by atoms with Crippen molar-refractivity contribution in [1.82, 2.24) is 9.29 Å². The molecule has 11 nitrogen and oxygen atoms in total. The fourth-order valence-corrected chi connectivity index (χ4v) is 4.86. The number of morpholine rings is 1. The number of rotatable bonds is 8. The third-order valence-corrected chi connectivity index (χ3v) is 7.28. The smallest absolute Gasteiger partial charge is 0.248 e. The van der Waals surface area contributed by atoms with Gasteiger partial charge in [0.1, 0.15) is 4.90 Å². The number of ether oxygens (including phenoxy) is 1. The van der Waals surface area contributed by atoms with Crippen molar-refractivity contribution in [3.05, 3.63) is 47.7 Å². The minimum absolute atomic E-state index is 0.0305. The Hall–Kier alpha value is -3.00. The van der Waals surface area contributed by atoms with Gasteiger partial charge in [-0.2, -0.15) is 4.31 Å². The first-order valence-corrected chi connectivity index (χ1v) is 11.8. The Morgan fingerprint density at radius 3 is 2.22 bits per heavy atom. The van der Waals surface area contributed by atoms with E-state index in [1.165, 1.54) is 40.8 Å². The molecule has 0 radical (unpaired) electrons. The van der Waals surface area contributed by atoms with Gasteiger partial charge in [0.2, 0.25) is 27.7 Å². The molecule has 0 spiro atoms. The number of nitrogens with two attached hydrogens (primary N) is 2. The number of aromatic nitrogens is 1. The summed E-state index contributed by atoms with van der Waals surface area (Å²) in [5.41, 5.74) is 10.7. The Balaban J connectivity index is 1.62. The fourth-order valence-electron chi connectivity index (χ4n) is 2.86. The number of hydrogen-bond acceptors (Lipinski definition) is 8. The SMILES string of the molecule is NC(=O)c1cc(NC(=O)CSc2ccc(S(=O)(=O)N3CCOCC3)cn2)cc(C(N)=O)c1. The number of benzene rings is 1. The number of primary amides is 2. The standard InChI is InChI=1S/C19H21N5O6S2/c20-18(26)12-7-13(19(21)27)9-14(8-12)23-16(25)11-31-17-2-1-15(10-22-17)32(28,29)24-3-5-30-6-4-24/h1-2,7-10H,3-6,11H2,(H2,20,26)(H2,21,27)(H,23,25). The lowest BCUT2D eigenvalue weighted by atomic mass is 10.1. The number of nitrogens with zero attached hydrogens (tertiary/aromatic N) is 2. The van der Waals surface area contributed by atoms with E-state index in [-0.39, 0.29) is 40.6 Å². The summed E-state index contributed by atoms with van der Waals surface area (Å²) in [6, 6.07) is 6.87. The van der Waals surface area contributed by atoms with Gasteiger partial charge in [-0.05, 0) is 30.3 Å². The lowest BCUT2D eigenvalue weighted by molar-refractivity contribution is -0.113. The van der Waals surface area contributed by atoms with Gasteiger partial charge in [0.25, 0.3) is 0 Å². The molecule has 0 bridgehead atoms. The van der Waals surface area contributed by atoms with Gasteiger partial charge in [0, 0.05) is 36.1 Å². The van der Waals surface area contributed by atoms with Crippen molar-refractivity contribution in [3.8, 4) is 0 Å². The molecule has 2 aromatic rings. The van der Waals surface area contributed by atoms with Gasteiger partial charge in [-0.25, -0.2) is 13.4 Å². The minimum atomic E-state index is -3.65. The van der Waals surface area contributed by atoms with E-state index in [1.54, 1.807) is 0 Å². The summed E-state index contributed by atoms with van der Waals surface area (Å²) in [5, 5.41) is 3.01. The summed E-state index contributed by atoms with van der Waals surface area (Å²) in [5.74, 6) is -2.02. The Morgan fingerprint density at radius 2 is 1.69 bits per heavy atom. The van der Waals surface area contributed by atoms with Gasteiger partial charge >= 0.3 is 0 Å². The van der Waals surface area contributed by atoms with Gasteiger partial charge < -0.3 is 21.5 Å². The molecule has 3 amide bonds. The van der Waals surface area contributed by atoms with E-state index in [9.17, 15) is 22.8 Å². The molecular formula is C19H21N5O6S2. The molecule has 3 rings (SSSR count). The van der Waals surface area contributed by atoms with Crippen molar-refractivity contribution in [2.24, 2.45) is 11.5 Å². The molecule has 1 aromatic carbocycles. The minimum Gasteiger partial charge on any atom is -0.379 e. The first-order chi connectivity index (χ1) is 15.2. The van der Waals surface area contributed by atoms with E-state index in [4.69, 9.17) is 16.2 Å². The van der Waals surface area contributed by atoms with Crippen LogP contribution in [-0.2, 0) is 19.6 Å². The highest BCUT2D eigenvalue weighted by atomic mass is 32.2. The zero-order valence-electron chi connectivity index (χ0n) is 16.8. The van der Waals surface area contributed by atoms with Crippen LogP contribution in [0, 0.1) is 0 Å². The molecule has 1 aliphatic rings. The van der Waals surface area contributed by atoms with Gasteiger partial charge in [-0.1, -0.05) is 11.8 Å². The molecule has 13 heteroatoms. The highest BCUT2D eigenvalue weighted by molar-refractivity contribution is 7.99. The van der Waals surface area contributed by atoms with Crippen LogP contribution >= 0.6 is 11.8 Å². The predicted molar refractivity (Wildman–Crippen MR) is 117 cm³/mol. The average Bonchev–Trinajstić information content (AvgIpc) is 2.78. The van der Waals surface area contributed by atoms with Crippen LogP contribution in [0.2, 0.25) is 0 Å². The molecule has 0 saturated carbocycles. The maximum atomic E-state index is 12.6. The first-order valence-electron chi connectivity index (χ1n) is 9.38. The monoisotopic (exact) mass is 479 g/mol. The largest absolute Gasteiger partial charge is 0.379 e. The molecule has 32 heavy (non-hydrogen) atoms. The predicted octanol–water partition coefficient (Wildman–Crippen LogP) is 0.0311. The van der Waals surface area contributed by atoms with E-state index in [0.29, 0.717) is 18.2 Å². The highest BCUT2D eigenvalue weighted by Crippen LogP contribution is 2.21. The number of pyridine rings is 1. The number of amides is 3. The summed E-state index contributed by atoms with van der Waals surface area (Å²) in [6.07, 6.45) is 1.25. The van der Waals surface area contributed by atoms with E-state index < -0.39 is 27.7 Å². The molecule has 5 N–H and O–H groups in total. The Labute approximate surface area is 188 Å². The van der Waals surface area contributed by atoms with Crippen molar-refractivity contribution >= 4 is 45.2 Å². The number of carbonyl (C=O) groups is 3. The maximum Gasteiger partial charge on any atom is 0.248 e. The number of thioether (sulfide) groups is 1. The third kappa shape index (κ3) is 5.82. The molecule has 0 atom stereocenters. The summed E-state index contributed by atoms with van der Waals surface area (Å²) < 4.78 is 31.7. The molecule has 2 heterocycles. The quantitative estimate of drug-likeness (QED) is 0.444. The van der Waals surface area contributed by atoms with Crippen LogP contribution in [0.5, 0.6) is 0 Å². The lowest BCUT2D eigenvalue weighted by Gasteiger charge is -2.25. The van der Waals surface area contributed by atoms with Crippen LogP contribution in [0.3, 0.4) is 0 Å². The van der Waals surface area contributed by atoms with Crippen LogP contribution in [0.25, 0.3) is 0 Å². The van der Waals surface area contributed by atoms with Crippen molar-refractivity contribution in [2.75, 3.05) is 37.4 Å². The van der Waals surface area contributed by atoms with Crippen molar-refractivity contribution in [1.29, 1.82) is 0 Å². The third-order valence-electron chi connectivity index (χ3n) is 4.45. The molecule has 1 fully saturated rings. The molecular weight excluding hydrogens is 458 g/mol.